The molecule has 1 aromatic carbocycles. The van der Waals surface area contributed by atoms with E-state index in [2.05, 4.69) is 24.2 Å². The molecule has 1 aromatic rings. The molecule has 23 heavy (non-hydrogen) atoms. The third-order valence-corrected chi connectivity index (χ3v) is 3.22. The molecule has 0 unspecified atom stereocenters. The van der Waals surface area contributed by atoms with Crippen molar-refractivity contribution in [1.82, 2.24) is 10.2 Å². The molecule has 1 rings (SSSR count). The molecule has 0 spiro atoms. The van der Waals surface area contributed by atoms with Gasteiger partial charge in [-0.3, -0.25) is 4.79 Å². The zero-order valence-electron chi connectivity index (χ0n) is 14.5. The van der Waals surface area contributed by atoms with E-state index >= 15 is 0 Å². The molecule has 6 nitrogen and oxygen atoms in total. The first-order chi connectivity index (χ1) is 10.9. The molecule has 0 saturated heterocycles. The molecule has 3 N–H and O–H groups in total. The van der Waals surface area contributed by atoms with E-state index in [1.807, 2.05) is 24.3 Å². The van der Waals surface area contributed by atoms with Crippen LogP contribution in [0.2, 0.25) is 0 Å². The Morgan fingerprint density at radius 1 is 1.39 bits per heavy atom. The van der Waals surface area contributed by atoms with E-state index in [9.17, 15) is 4.79 Å². The van der Waals surface area contributed by atoms with Crippen molar-refractivity contribution in [2.24, 2.45) is 16.6 Å². The van der Waals surface area contributed by atoms with Gasteiger partial charge in [-0.25, -0.2) is 4.99 Å². The van der Waals surface area contributed by atoms with E-state index in [0.29, 0.717) is 24.2 Å². The second-order valence-electron chi connectivity index (χ2n) is 6.04. The first-order valence-corrected chi connectivity index (χ1v) is 7.84. The van der Waals surface area contributed by atoms with Crippen LogP contribution in [0.5, 0.6) is 5.75 Å². The molecular formula is C17H28N4O2. The van der Waals surface area contributed by atoms with E-state index in [1.165, 1.54) is 4.90 Å². The summed E-state index contributed by atoms with van der Waals surface area (Å²) in [6.45, 7) is 5.66. The normalized spacial score (nSPS) is 11.4. The molecule has 0 aliphatic heterocycles. The van der Waals surface area contributed by atoms with Crippen LogP contribution in [0.25, 0.3) is 0 Å². The molecule has 0 atom stereocenters. The number of likely N-dealkylation sites (N-methyl/N-ethyl adjacent to an activating group) is 1. The van der Waals surface area contributed by atoms with Gasteiger partial charge in [0.2, 0.25) is 0 Å². The summed E-state index contributed by atoms with van der Waals surface area (Å²) in [7, 11) is 3.40. The van der Waals surface area contributed by atoms with Crippen LogP contribution in [0.4, 0.5) is 0 Å². The van der Waals surface area contributed by atoms with Crippen LogP contribution in [0.3, 0.4) is 0 Å². The monoisotopic (exact) mass is 320 g/mol. The number of aliphatic imine (C=N–C) groups is 1. The molecule has 6 heteroatoms. The number of ether oxygens (including phenoxy) is 1. The minimum Gasteiger partial charge on any atom is -0.484 e. The van der Waals surface area contributed by atoms with Gasteiger partial charge in [0.15, 0.2) is 12.6 Å². The number of carbonyl (C=O) groups is 1. The number of hydrogen-bond donors (Lipinski definition) is 2. The Bertz CT molecular complexity index is 527. The van der Waals surface area contributed by atoms with Crippen LogP contribution in [0.15, 0.2) is 29.3 Å². The highest BCUT2D eigenvalue weighted by atomic mass is 16.5. The maximum Gasteiger partial charge on any atom is 0.259 e. The molecule has 0 heterocycles. The number of carbonyl (C=O) groups excluding carboxylic acids is 1. The van der Waals surface area contributed by atoms with Gasteiger partial charge in [-0.15, -0.1) is 0 Å². The number of hydrogen-bond acceptors (Lipinski definition) is 3. The quantitative estimate of drug-likeness (QED) is 0.563. The number of guanidine groups is 1. The Hall–Kier alpha value is -2.24. The number of nitrogens with zero attached hydrogens (tertiary/aromatic N) is 2. The van der Waals surface area contributed by atoms with Crippen LogP contribution >= 0.6 is 0 Å². The van der Waals surface area contributed by atoms with Crippen LogP contribution < -0.4 is 15.8 Å². The lowest BCUT2D eigenvalue weighted by molar-refractivity contribution is -0.130. The van der Waals surface area contributed by atoms with Gasteiger partial charge >= 0.3 is 0 Å². The fraction of sp³-hybridized carbons (Fsp3) is 0.529. The molecule has 128 valence electrons. The third-order valence-electron chi connectivity index (χ3n) is 3.22. The van der Waals surface area contributed by atoms with Gasteiger partial charge in [-0.2, -0.15) is 0 Å². The highest BCUT2D eigenvalue weighted by Gasteiger charge is 2.05. The zero-order chi connectivity index (χ0) is 17.2. The molecule has 0 radical (unpaired) electrons. The third kappa shape index (κ3) is 8.09. The Morgan fingerprint density at radius 3 is 2.78 bits per heavy atom. The lowest BCUT2D eigenvalue weighted by Gasteiger charge is -2.12. The van der Waals surface area contributed by atoms with Gasteiger partial charge in [-0.1, -0.05) is 26.0 Å². The van der Waals surface area contributed by atoms with Crippen molar-refractivity contribution in [3.8, 4) is 5.75 Å². The summed E-state index contributed by atoms with van der Waals surface area (Å²) in [5.74, 6) is 1.65. The van der Waals surface area contributed by atoms with Gasteiger partial charge in [0.25, 0.3) is 5.91 Å². The number of nitrogens with two attached hydrogens (primary N) is 1. The first kappa shape index (κ1) is 18.8. The number of rotatable bonds is 8. The van der Waals surface area contributed by atoms with Crippen molar-refractivity contribution in [2.75, 3.05) is 27.2 Å². The molecule has 1 amide bonds. The van der Waals surface area contributed by atoms with Gasteiger partial charge in [0, 0.05) is 20.6 Å². The standard InChI is InChI=1S/C17H28N4O2/c1-13(2)8-9-19-17(18)20-11-14-6-5-7-15(10-14)23-12-16(22)21(3)4/h5-7,10,13H,8-9,11-12H2,1-4H3,(H3,18,19,20). The van der Waals surface area contributed by atoms with Gasteiger partial charge in [0.1, 0.15) is 5.75 Å². The Labute approximate surface area is 138 Å². The second kappa shape index (κ2) is 9.71. The molecule has 0 saturated carbocycles. The topological polar surface area (TPSA) is 80.0 Å². The molecule has 0 aromatic heterocycles. The molecule has 0 aliphatic rings. The Kier molecular flexibility index (Phi) is 7.94. The summed E-state index contributed by atoms with van der Waals surface area (Å²) in [5.41, 5.74) is 6.81. The molecule has 0 fully saturated rings. The lowest BCUT2D eigenvalue weighted by atomic mass is 10.1. The highest BCUT2D eigenvalue weighted by molar-refractivity contribution is 5.78. The van der Waals surface area contributed by atoms with Crippen molar-refractivity contribution in [3.05, 3.63) is 29.8 Å². The Morgan fingerprint density at radius 2 is 2.13 bits per heavy atom. The van der Waals surface area contributed by atoms with E-state index < -0.39 is 0 Å². The van der Waals surface area contributed by atoms with Crippen molar-refractivity contribution < 1.29 is 9.53 Å². The fourth-order valence-electron chi connectivity index (χ4n) is 1.73. The van der Waals surface area contributed by atoms with E-state index in [4.69, 9.17) is 10.5 Å². The van der Waals surface area contributed by atoms with Crippen molar-refractivity contribution >= 4 is 11.9 Å². The average Bonchev–Trinajstić information content (AvgIpc) is 2.50. The predicted molar refractivity (Wildman–Crippen MR) is 93.4 cm³/mol. The van der Waals surface area contributed by atoms with Crippen molar-refractivity contribution in [3.63, 3.8) is 0 Å². The fourth-order valence-corrected chi connectivity index (χ4v) is 1.73. The summed E-state index contributed by atoms with van der Waals surface area (Å²) in [5, 5.41) is 3.10. The van der Waals surface area contributed by atoms with Gasteiger partial charge < -0.3 is 20.7 Å². The van der Waals surface area contributed by atoms with Gasteiger partial charge in [0.05, 0.1) is 6.54 Å². The van der Waals surface area contributed by atoms with Crippen molar-refractivity contribution in [2.45, 2.75) is 26.8 Å². The van der Waals surface area contributed by atoms with E-state index in [0.717, 1.165) is 18.5 Å². The van der Waals surface area contributed by atoms with Crippen molar-refractivity contribution in [1.29, 1.82) is 0 Å². The minimum atomic E-state index is -0.0768. The maximum absolute atomic E-state index is 11.5. The smallest absolute Gasteiger partial charge is 0.259 e. The SMILES string of the molecule is CC(C)CCNC(N)=NCc1cccc(OCC(=O)N(C)C)c1. The minimum absolute atomic E-state index is 0.0264. The summed E-state index contributed by atoms with van der Waals surface area (Å²) >= 11 is 0. The maximum atomic E-state index is 11.5. The van der Waals surface area contributed by atoms with Crippen LogP contribution in [0, 0.1) is 5.92 Å². The summed E-state index contributed by atoms with van der Waals surface area (Å²) in [6, 6.07) is 7.52. The zero-order valence-corrected chi connectivity index (χ0v) is 14.5. The summed E-state index contributed by atoms with van der Waals surface area (Å²) in [6.07, 6.45) is 1.06. The predicted octanol–water partition coefficient (Wildman–Crippen LogP) is 1.60. The van der Waals surface area contributed by atoms with E-state index in [1.54, 1.807) is 14.1 Å². The Balaban J connectivity index is 2.48. The number of nitrogens with one attached hydrogen (secondary N) is 1. The first-order valence-electron chi connectivity index (χ1n) is 7.84. The average molecular weight is 320 g/mol. The molecular weight excluding hydrogens is 292 g/mol. The lowest BCUT2D eigenvalue weighted by Crippen LogP contribution is -2.32. The summed E-state index contributed by atoms with van der Waals surface area (Å²) < 4.78 is 5.48. The van der Waals surface area contributed by atoms with Gasteiger partial charge in [-0.05, 0) is 30.0 Å². The number of benzene rings is 1. The van der Waals surface area contributed by atoms with E-state index in [-0.39, 0.29) is 12.5 Å². The van der Waals surface area contributed by atoms with Crippen LogP contribution in [-0.2, 0) is 11.3 Å². The van der Waals surface area contributed by atoms with Crippen LogP contribution in [-0.4, -0.2) is 44.0 Å². The highest BCUT2D eigenvalue weighted by Crippen LogP contribution is 2.14. The number of amides is 1. The summed E-state index contributed by atoms with van der Waals surface area (Å²) in [4.78, 5) is 17.3. The van der Waals surface area contributed by atoms with Crippen LogP contribution in [0.1, 0.15) is 25.8 Å². The second-order valence-corrected chi connectivity index (χ2v) is 6.04. The largest absolute Gasteiger partial charge is 0.484 e. The molecule has 0 aliphatic carbocycles. The molecule has 0 bridgehead atoms.